The molecule has 0 aromatic heterocycles. The highest BCUT2D eigenvalue weighted by Gasteiger charge is 2.33. The van der Waals surface area contributed by atoms with Crippen LogP contribution in [0.25, 0.3) is 0 Å². The maximum Gasteiger partial charge on any atom is 0.130 e. The lowest BCUT2D eigenvalue weighted by Crippen LogP contribution is -2.36. The molecule has 30 heavy (non-hydrogen) atoms. The molecule has 0 unspecified atom stereocenters. The van der Waals surface area contributed by atoms with Crippen LogP contribution in [0.15, 0.2) is 10.5 Å². The molecule has 1 aromatic carbocycles. The number of ether oxygens (including phenoxy) is 1. The first-order valence-corrected chi connectivity index (χ1v) is 13.1. The molecule has 0 spiro atoms. The quantitative estimate of drug-likeness (QED) is 0.323. The highest BCUT2D eigenvalue weighted by Crippen LogP contribution is 2.44. The van der Waals surface area contributed by atoms with Crippen LogP contribution in [0.4, 0.5) is 0 Å². The van der Waals surface area contributed by atoms with Crippen LogP contribution < -0.4 is 4.74 Å². The van der Waals surface area contributed by atoms with E-state index in [0.717, 1.165) is 58.4 Å². The van der Waals surface area contributed by atoms with Crippen LogP contribution in [0.2, 0.25) is 0 Å². The largest absolute Gasteiger partial charge is 0.507 e. The Kier molecular flexibility index (Phi) is 10.0. The molecule has 0 amide bonds. The van der Waals surface area contributed by atoms with Gasteiger partial charge in [-0.1, -0.05) is 72.6 Å². The molecule has 1 aliphatic heterocycles. The zero-order valence-electron chi connectivity index (χ0n) is 20.3. The molecule has 3 atom stereocenters. The summed E-state index contributed by atoms with van der Waals surface area (Å²) in [5, 5.41) is 10.1. The number of aromatic hydroxyl groups is 1. The minimum absolute atomic E-state index is 0.0845. The number of aryl methyl sites for hydroxylation is 1. The molecule has 0 radical (unpaired) electrons. The molecule has 1 heterocycles. The van der Waals surface area contributed by atoms with Crippen molar-refractivity contribution >= 4 is 15.9 Å². The van der Waals surface area contributed by atoms with Gasteiger partial charge in [-0.15, -0.1) is 0 Å². The van der Waals surface area contributed by atoms with Crippen molar-refractivity contribution in [1.29, 1.82) is 0 Å². The predicted molar refractivity (Wildman–Crippen MR) is 133 cm³/mol. The Morgan fingerprint density at radius 2 is 1.57 bits per heavy atom. The summed E-state index contributed by atoms with van der Waals surface area (Å²) in [5.41, 5.74) is 2.08. The number of hydrogen-bond acceptors (Lipinski definition) is 2. The zero-order chi connectivity index (χ0) is 22.3. The highest BCUT2D eigenvalue weighted by molar-refractivity contribution is 9.10. The monoisotopic (exact) mass is 480 g/mol. The third kappa shape index (κ3) is 7.77. The van der Waals surface area contributed by atoms with Crippen LogP contribution in [0.3, 0.4) is 0 Å². The van der Waals surface area contributed by atoms with Crippen molar-refractivity contribution in [2.45, 2.75) is 118 Å². The van der Waals surface area contributed by atoms with Gasteiger partial charge in [0.1, 0.15) is 17.1 Å². The van der Waals surface area contributed by atoms with Gasteiger partial charge in [-0.25, -0.2) is 0 Å². The molecule has 2 rings (SSSR count). The molecule has 172 valence electrons. The van der Waals surface area contributed by atoms with Crippen LogP contribution in [-0.4, -0.2) is 10.7 Å². The lowest BCUT2D eigenvalue weighted by Gasteiger charge is -2.37. The van der Waals surface area contributed by atoms with E-state index >= 15 is 0 Å². The summed E-state index contributed by atoms with van der Waals surface area (Å²) >= 11 is 3.49. The third-order valence-electron chi connectivity index (χ3n) is 7.04. The average molecular weight is 482 g/mol. The number of halogens is 1. The van der Waals surface area contributed by atoms with Crippen molar-refractivity contribution in [2.75, 3.05) is 0 Å². The smallest absolute Gasteiger partial charge is 0.130 e. The normalized spacial score (nSPS) is 20.7. The van der Waals surface area contributed by atoms with E-state index in [2.05, 4.69) is 50.5 Å². The van der Waals surface area contributed by atoms with Crippen LogP contribution in [0, 0.1) is 24.7 Å². The maximum absolute atomic E-state index is 10.1. The van der Waals surface area contributed by atoms with E-state index in [-0.39, 0.29) is 5.60 Å². The fourth-order valence-electron chi connectivity index (χ4n) is 4.83. The molecular formula is C27H45BrO2. The Labute approximate surface area is 194 Å². The maximum atomic E-state index is 10.1. The molecule has 0 bridgehead atoms. The average Bonchev–Trinajstić information content (AvgIpc) is 2.67. The minimum atomic E-state index is -0.0845. The summed E-state index contributed by atoms with van der Waals surface area (Å²) in [7, 11) is 0. The summed E-state index contributed by atoms with van der Waals surface area (Å²) in [4.78, 5) is 0. The van der Waals surface area contributed by atoms with Crippen LogP contribution in [-0.2, 0) is 6.42 Å². The summed E-state index contributed by atoms with van der Waals surface area (Å²) in [5.74, 6) is 3.83. The molecule has 1 aliphatic rings. The lowest BCUT2D eigenvalue weighted by molar-refractivity contribution is 0.0513. The SMILES string of the molecule is Cc1c(Br)c(O)cc2c1O[C@](C)(CCC[C@H](C)CCC[C@H](C)CCCC(C)C)CC2. The number of fused-ring (bicyclic) bond motifs is 1. The van der Waals surface area contributed by atoms with Gasteiger partial charge in [0.15, 0.2) is 0 Å². The predicted octanol–water partition coefficient (Wildman–Crippen LogP) is 8.99. The molecule has 0 aliphatic carbocycles. The van der Waals surface area contributed by atoms with Gasteiger partial charge in [0, 0.05) is 5.56 Å². The van der Waals surface area contributed by atoms with E-state index in [0.29, 0.717) is 5.75 Å². The molecule has 1 aromatic rings. The Balaban J connectivity index is 1.69. The molecule has 1 N–H and O–H groups in total. The molecule has 3 heteroatoms. The van der Waals surface area contributed by atoms with Gasteiger partial charge in [0.2, 0.25) is 0 Å². The molecule has 2 nitrogen and oxygen atoms in total. The fraction of sp³-hybridized carbons (Fsp3) is 0.778. The van der Waals surface area contributed by atoms with E-state index in [1.807, 2.05) is 13.0 Å². The van der Waals surface area contributed by atoms with Crippen LogP contribution >= 0.6 is 15.9 Å². The Hall–Kier alpha value is -0.700. The van der Waals surface area contributed by atoms with Crippen molar-refractivity contribution in [2.24, 2.45) is 17.8 Å². The fourth-order valence-corrected chi connectivity index (χ4v) is 5.12. The Morgan fingerprint density at radius 3 is 2.17 bits per heavy atom. The second kappa shape index (κ2) is 11.8. The first kappa shape index (κ1) is 25.6. The van der Waals surface area contributed by atoms with Gasteiger partial charge in [-0.2, -0.15) is 0 Å². The van der Waals surface area contributed by atoms with Crippen molar-refractivity contribution in [3.05, 3.63) is 21.7 Å². The molecule has 0 saturated carbocycles. The zero-order valence-corrected chi connectivity index (χ0v) is 21.9. The first-order chi connectivity index (χ1) is 14.1. The standard InChI is InChI=1S/C27H45BrO2/c1-19(2)10-7-11-20(3)12-8-13-21(4)14-9-16-27(6)17-15-23-18-24(29)25(28)22(5)26(23)30-27/h18-21,29H,7-17H2,1-6H3/t20-,21-,27-/m1/s1. The van der Waals surface area contributed by atoms with Gasteiger partial charge in [-0.3, -0.25) is 0 Å². The summed E-state index contributed by atoms with van der Waals surface area (Å²) in [6.45, 7) is 13.8. The van der Waals surface area contributed by atoms with Gasteiger partial charge < -0.3 is 9.84 Å². The Bertz CT molecular complexity index is 669. The first-order valence-electron chi connectivity index (χ1n) is 12.3. The number of hydrogen-bond donors (Lipinski definition) is 1. The molecule has 0 fully saturated rings. The van der Waals surface area contributed by atoms with E-state index in [1.165, 1.54) is 51.4 Å². The summed E-state index contributed by atoms with van der Waals surface area (Å²) < 4.78 is 7.26. The second-order valence-electron chi connectivity index (χ2n) is 10.7. The van der Waals surface area contributed by atoms with Gasteiger partial charge in [0.05, 0.1) is 4.47 Å². The number of phenols is 1. The molecule has 0 saturated heterocycles. The van der Waals surface area contributed by atoms with Gasteiger partial charge in [0.25, 0.3) is 0 Å². The minimum Gasteiger partial charge on any atom is -0.507 e. The second-order valence-corrected chi connectivity index (χ2v) is 11.5. The van der Waals surface area contributed by atoms with Crippen molar-refractivity contribution in [3.63, 3.8) is 0 Å². The number of benzene rings is 1. The molecular weight excluding hydrogens is 436 g/mol. The lowest BCUT2D eigenvalue weighted by atomic mass is 9.85. The van der Waals surface area contributed by atoms with Gasteiger partial charge >= 0.3 is 0 Å². The summed E-state index contributed by atoms with van der Waals surface area (Å²) in [6, 6.07) is 1.86. The number of rotatable bonds is 12. The van der Waals surface area contributed by atoms with Crippen LogP contribution in [0.5, 0.6) is 11.5 Å². The summed E-state index contributed by atoms with van der Waals surface area (Å²) in [6.07, 6.45) is 14.0. The topological polar surface area (TPSA) is 29.5 Å². The van der Waals surface area contributed by atoms with E-state index in [9.17, 15) is 5.11 Å². The Morgan fingerprint density at radius 1 is 1.00 bits per heavy atom. The van der Waals surface area contributed by atoms with E-state index in [4.69, 9.17) is 4.74 Å². The van der Waals surface area contributed by atoms with Gasteiger partial charge in [-0.05, 0) is 84.8 Å². The number of phenolic OH excluding ortho intramolecular Hbond substituents is 1. The van der Waals surface area contributed by atoms with E-state index in [1.54, 1.807) is 0 Å². The van der Waals surface area contributed by atoms with Crippen molar-refractivity contribution < 1.29 is 9.84 Å². The van der Waals surface area contributed by atoms with E-state index < -0.39 is 0 Å². The van der Waals surface area contributed by atoms with Crippen LogP contribution in [0.1, 0.15) is 110 Å². The highest BCUT2D eigenvalue weighted by atomic mass is 79.9. The van der Waals surface area contributed by atoms with Crippen molar-refractivity contribution in [3.8, 4) is 11.5 Å². The third-order valence-corrected chi connectivity index (χ3v) is 8.04. The van der Waals surface area contributed by atoms with Crippen molar-refractivity contribution in [1.82, 2.24) is 0 Å².